The summed E-state index contributed by atoms with van der Waals surface area (Å²) in [4.78, 5) is 22.8. The Morgan fingerprint density at radius 3 is 2.19 bits per heavy atom. The van der Waals surface area contributed by atoms with Crippen LogP contribution in [0.5, 0.6) is 0 Å². The molecule has 0 aliphatic carbocycles. The molecule has 0 unspecified atom stereocenters. The molecule has 7 nitrogen and oxygen atoms in total. The first kappa shape index (κ1) is 20.2. The van der Waals surface area contributed by atoms with Crippen molar-refractivity contribution < 1.29 is 18.1 Å². The fourth-order valence-corrected chi connectivity index (χ4v) is 5.01. The molecule has 8 heteroatoms. The molecule has 0 amide bonds. The van der Waals surface area contributed by atoms with Crippen LogP contribution in [0.4, 0.5) is 5.69 Å². The highest BCUT2D eigenvalue weighted by Gasteiger charge is 2.25. The van der Waals surface area contributed by atoms with Crippen molar-refractivity contribution in [3.63, 3.8) is 0 Å². The van der Waals surface area contributed by atoms with Crippen LogP contribution in [0.15, 0.2) is 83.8 Å². The number of para-hydroxylation sites is 2. The van der Waals surface area contributed by atoms with E-state index in [0.29, 0.717) is 22.8 Å². The van der Waals surface area contributed by atoms with Gasteiger partial charge in [0.2, 0.25) is 0 Å². The van der Waals surface area contributed by atoms with Gasteiger partial charge in [0.15, 0.2) is 6.29 Å². The number of nitro groups is 1. The minimum atomic E-state index is -4.04. The third-order valence-corrected chi connectivity index (χ3v) is 6.60. The number of hydrogen-bond acceptors (Lipinski definition) is 5. The maximum absolute atomic E-state index is 13.5. The Kier molecular flexibility index (Phi) is 5.22. The Bertz CT molecular complexity index is 1440. The average Bonchev–Trinajstić information content (AvgIpc) is 3.12. The number of benzene rings is 3. The van der Waals surface area contributed by atoms with Gasteiger partial charge in [-0.15, -0.1) is 0 Å². The van der Waals surface area contributed by atoms with Gasteiger partial charge in [-0.2, -0.15) is 0 Å². The van der Waals surface area contributed by atoms with Gasteiger partial charge in [0.25, 0.3) is 15.7 Å². The lowest BCUT2D eigenvalue weighted by Gasteiger charge is -2.10. The molecule has 0 atom stereocenters. The van der Waals surface area contributed by atoms with Gasteiger partial charge in [-0.05, 0) is 36.4 Å². The number of carbonyl (C=O) groups excluding carboxylic acids is 1. The molecule has 0 saturated carbocycles. The third kappa shape index (κ3) is 3.53. The number of nitrogens with zero attached hydrogens (tertiary/aromatic N) is 2. The van der Waals surface area contributed by atoms with Gasteiger partial charge in [-0.25, -0.2) is 12.4 Å². The van der Waals surface area contributed by atoms with Crippen LogP contribution in [0.1, 0.15) is 21.6 Å². The number of aromatic nitrogens is 1. The predicted octanol–water partition coefficient (Wildman–Crippen LogP) is 4.77. The van der Waals surface area contributed by atoms with Gasteiger partial charge >= 0.3 is 0 Å². The van der Waals surface area contributed by atoms with Crippen molar-refractivity contribution in [3.05, 3.63) is 106 Å². The van der Waals surface area contributed by atoms with E-state index in [0.717, 1.165) is 3.97 Å². The number of hydrogen-bond donors (Lipinski definition) is 0. The molecule has 1 heterocycles. The first-order chi connectivity index (χ1) is 14.9. The summed E-state index contributed by atoms with van der Waals surface area (Å²) in [6.07, 6.45) is 3.46. The first-order valence-electron chi connectivity index (χ1n) is 9.26. The minimum absolute atomic E-state index is 0.0635. The zero-order valence-electron chi connectivity index (χ0n) is 16.1. The van der Waals surface area contributed by atoms with Crippen LogP contribution in [0.2, 0.25) is 0 Å². The molecule has 3 aromatic carbocycles. The summed E-state index contributed by atoms with van der Waals surface area (Å²) in [6, 6.07) is 20.7. The molecule has 0 radical (unpaired) electrons. The minimum Gasteiger partial charge on any atom is -0.298 e. The molecule has 0 N–H and O–H groups in total. The van der Waals surface area contributed by atoms with Crippen LogP contribution in [0.3, 0.4) is 0 Å². The van der Waals surface area contributed by atoms with Crippen LogP contribution >= 0.6 is 0 Å². The molecule has 154 valence electrons. The highest BCUT2D eigenvalue weighted by Crippen LogP contribution is 2.31. The molecule has 1 aromatic heterocycles. The number of nitro benzene ring substituents is 1. The van der Waals surface area contributed by atoms with Crippen molar-refractivity contribution in [2.75, 3.05) is 0 Å². The van der Waals surface area contributed by atoms with Crippen molar-refractivity contribution in [2.45, 2.75) is 4.90 Å². The van der Waals surface area contributed by atoms with Gasteiger partial charge < -0.3 is 0 Å². The lowest BCUT2D eigenvalue weighted by atomic mass is 10.1. The summed E-state index contributed by atoms with van der Waals surface area (Å²) in [5.41, 5.74) is 0.817. The molecule has 0 bridgehead atoms. The van der Waals surface area contributed by atoms with Crippen molar-refractivity contribution >= 4 is 45.1 Å². The summed E-state index contributed by atoms with van der Waals surface area (Å²) < 4.78 is 28.1. The second kappa shape index (κ2) is 8.00. The molecule has 4 rings (SSSR count). The van der Waals surface area contributed by atoms with Gasteiger partial charge in [-0.3, -0.25) is 14.9 Å². The third-order valence-electron chi connectivity index (χ3n) is 4.86. The standard InChI is InChI=1S/C23H16N2O5S/c26-16-20-19-11-5-7-13-22(19)24(31(29,30)18-9-2-1-3-10-18)23(20)15-14-17-8-4-6-12-21(17)25(27)28/h1-16H/b15-14+. The zero-order valence-corrected chi connectivity index (χ0v) is 16.9. The summed E-state index contributed by atoms with van der Waals surface area (Å²) in [5.74, 6) is 0. The second-order valence-corrected chi connectivity index (χ2v) is 8.45. The van der Waals surface area contributed by atoms with Crippen molar-refractivity contribution in [3.8, 4) is 0 Å². The quantitative estimate of drug-likeness (QED) is 0.248. The fourth-order valence-electron chi connectivity index (χ4n) is 3.46. The van der Waals surface area contributed by atoms with E-state index in [2.05, 4.69) is 0 Å². The monoisotopic (exact) mass is 432 g/mol. The van der Waals surface area contributed by atoms with E-state index in [1.807, 2.05) is 0 Å². The van der Waals surface area contributed by atoms with E-state index in [9.17, 15) is 23.3 Å². The van der Waals surface area contributed by atoms with Crippen LogP contribution in [0.25, 0.3) is 23.1 Å². The normalized spacial score (nSPS) is 11.7. The molecule has 0 aliphatic heterocycles. The summed E-state index contributed by atoms with van der Waals surface area (Å²) in [5, 5.41) is 11.8. The lowest BCUT2D eigenvalue weighted by Crippen LogP contribution is -2.14. The highest BCUT2D eigenvalue weighted by molar-refractivity contribution is 7.90. The lowest BCUT2D eigenvalue weighted by molar-refractivity contribution is -0.385. The molecule has 0 fully saturated rings. The topological polar surface area (TPSA) is 99.3 Å². The number of rotatable bonds is 6. The molecular weight excluding hydrogens is 416 g/mol. The Hall–Kier alpha value is -4.04. The van der Waals surface area contributed by atoms with E-state index >= 15 is 0 Å². The molecule has 0 aliphatic rings. The van der Waals surface area contributed by atoms with Crippen LogP contribution in [0, 0.1) is 10.1 Å². The Morgan fingerprint density at radius 1 is 0.839 bits per heavy atom. The average molecular weight is 432 g/mol. The van der Waals surface area contributed by atoms with Gasteiger partial charge in [-0.1, -0.05) is 48.5 Å². The molecule has 0 saturated heterocycles. The van der Waals surface area contributed by atoms with Gasteiger partial charge in [0.05, 0.1) is 26.6 Å². The number of aldehydes is 1. The van der Waals surface area contributed by atoms with Crippen molar-refractivity contribution in [2.24, 2.45) is 0 Å². The van der Waals surface area contributed by atoms with Gasteiger partial charge in [0.1, 0.15) is 0 Å². The zero-order chi connectivity index (χ0) is 22.0. The Morgan fingerprint density at radius 2 is 1.48 bits per heavy atom. The largest absolute Gasteiger partial charge is 0.298 e. The van der Waals surface area contributed by atoms with E-state index < -0.39 is 14.9 Å². The van der Waals surface area contributed by atoms with Crippen LogP contribution < -0.4 is 0 Å². The molecule has 0 spiro atoms. The Labute approximate surface area is 178 Å². The molecule has 4 aromatic rings. The van der Waals surface area contributed by atoms with Crippen LogP contribution in [-0.4, -0.2) is 23.6 Å². The fraction of sp³-hybridized carbons (Fsp3) is 0. The summed E-state index contributed by atoms with van der Waals surface area (Å²) in [7, 11) is -4.04. The van der Waals surface area contributed by atoms with E-state index in [1.54, 1.807) is 60.7 Å². The highest BCUT2D eigenvalue weighted by atomic mass is 32.2. The smallest absolute Gasteiger partial charge is 0.276 e. The second-order valence-electron chi connectivity index (χ2n) is 6.67. The maximum atomic E-state index is 13.5. The van der Waals surface area contributed by atoms with Crippen molar-refractivity contribution in [1.82, 2.24) is 3.97 Å². The van der Waals surface area contributed by atoms with Crippen molar-refractivity contribution in [1.29, 1.82) is 0 Å². The molecule has 31 heavy (non-hydrogen) atoms. The summed E-state index contributed by atoms with van der Waals surface area (Å²) in [6.45, 7) is 0. The summed E-state index contributed by atoms with van der Waals surface area (Å²) >= 11 is 0. The number of carbonyl (C=O) groups is 1. The SMILES string of the molecule is O=Cc1c(/C=C/c2ccccc2[N+](=O)[O-])n(S(=O)(=O)c2ccccc2)c2ccccc12. The van der Waals surface area contributed by atoms with E-state index in [-0.39, 0.29) is 21.8 Å². The first-order valence-corrected chi connectivity index (χ1v) is 10.7. The number of fused-ring (bicyclic) bond motifs is 1. The maximum Gasteiger partial charge on any atom is 0.276 e. The molecular formula is C23H16N2O5S. The van der Waals surface area contributed by atoms with E-state index in [4.69, 9.17) is 0 Å². The Balaban J connectivity index is 2.01. The van der Waals surface area contributed by atoms with Gasteiger partial charge in [0, 0.05) is 17.0 Å². The van der Waals surface area contributed by atoms with E-state index in [1.165, 1.54) is 30.4 Å². The predicted molar refractivity (Wildman–Crippen MR) is 118 cm³/mol. The van der Waals surface area contributed by atoms with Crippen LogP contribution in [-0.2, 0) is 10.0 Å².